The standard InChI is InChI=1S/C20H25N6O6P/c1-13(20(27)29-2)25-33(28,32-14-6-4-3-5-7-14)30-10-15-8-9-16(31-15)26-12-24-17-18(21)22-11-23-19(17)26/h3-7,11-13,15-16H,8-10H2,1-2H3,(H,25,28)(H2,21,22,23)/t13?,15-,16+,33?/m0/s1. The van der Waals surface area contributed by atoms with Gasteiger partial charge in [0, 0.05) is 0 Å². The predicted octanol–water partition coefficient (Wildman–Crippen LogP) is 2.44. The number of fused-ring (bicyclic) bond motifs is 1. The Balaban J connectivity index is 1.43. The monoisotopic (exact) mass is 476 g/mol. The van der Waals surface area contributed by atoms with E-state index in [1.54, 1.807) is 41.2 Å². The van der Waals surface area contributed by atoms with Crippen LogP contribution in [0.3, 0.4) is 0 Å². The maximum absolute atomic E-state index is 13.4. The molecule has 176 valence electrons. The van der Waals surface area contributed by atoms with Gasteiger partial charge >= 0.3 is 13.7 Å². The molecule has 33 heavy (non-hydrogen) atoms. The van der Waals surface area contributed by atoms with Crippen LogP contribution in [-0.2, 0) is 23.4 Å². The molecule has 1 aliphatic heterocycles. The summed E-state index contributed by atoms with van der Waals surface area (Å²) in [6.45, 7) is 1.49. The van der Waals surface area contributed by atoms with E-state index in [1.807, 2.05) is 0 Å². The normalized spacial score (nSPS) is 20.9. The van der Waals surface area contributed by atoms with Gasteiger partial charge in [0.1, 0.15) is 29.9 Å². The highest BCUT2D eigenvalue weighted by Crippen LogP contribution is 2.46. The second-order valence-corrected chi connectivity index (χ2v) is 9.14. The van der Waals surface area contributed by atoms with Crippen LogP contribution in [0.5, 0.6) is 5.75 Å². The van der Waals surface area contributed by atoms with Crippen molar-refractivity contribution in [1.29, 1.82) is 0 Å². The molecule has 12 nitrogen and oxygen atoms in total. The number of benzene rings is 1. The molecule has 1 aliphatic rings. The van der Waals surface area contributed by atoms with Crippen LogP contribution >= 0.6 is 7.75 Å². The number of rotatable bonds is 9. The first-order valence-electron chi connectivity index (χ1n) is 10.3. The molecule has 1 saturated heterocycles. The Labute approximate surface area is 190 Å². The topological polar surface area (TPSA) is 153 Å². The largest absolute Gasteiger partial charge is 0.468 e. The summed E-state index contributed by atoms with van der Waals surface area (Å²) >= 11 is 0. The predicted molar refractivity (Wildman–Crippen MR) is 118 cm³/mol. The van der Waals surface area contributed by atoms with Crippen LogP contribution in [0.4, 0.5) is 5.82 Å². The van der Waals surface area contributed by atoms with Gasteiger partial charge in [0.25, 0.3) is 0 Å². The Morgan fingerprint density at radius 3 is 2.85 bits per heavy atom. The molecule has 2 aromatic heterocycles. The number of nitrogens with one attached hydrogen (secondary N) is 1. The Hall–Kier alpha value is -3.05. The number of nitrogen functional groups attached to an aromatic ring is 1. The smallest absolute Gasteiger partial charge is 0.459 e. The van der Waals surface area contributed by atoms with Gasteiger partial charge in [-0.05, 0) is 31.9 Å². The van der Waals surface area contributed by atoms with Crippen LogP contribution in [0.25, 0.3) is 11.2 Å². The van der Waals surface area contributed by atoms with E-state index in [1.165, 1.54) is 20.4 Å². The fourth-order valence-electron chi connectivity index (χ4n) is 3.45. The van der Waals surface area contributed by atoms with E-state index in [0.717, 1.165) is 0 Å². The van der Waals surface area contributed by atoms with Crippen LogP contribution < -0.4 is 15.3 Å². The van der Waals surface area contributed by atoms with Gasteiger partial charge in [-0.1, -0.05) is 18.2 Å². The Bertz CT molecular complexity index is 1160. The first-order chi connectivity index (χ1) is 15.9. The minimum Gasteiger partial charge on any atom is -0.468 e. The van der Waals surface area contributed by atoms with E-state index in [-0.39, 0.29) is 18.9 Å². The number of nitrogens with zero attached hydrogens (tertiary/aromatic N) is 4. The lowest BCUT2D eigenvalue weighted by atomic mass is 10.2. The van der Waals surface area contributed by atoms with Crippen molar-refractivity contribution in [1.82, 2.24) is 24.6 Å². The second kappa shape index (κ2) is 9.84. The number of imidazole rings is 1. The van der Waals surface area contributed by atoms with Gasteiger partial charge in [-0.3, -0.25) is 13.9 Å². The summed E-state index contributed by atoms with van der Waals surface area (Å²) in [5.41, 5.74) is 6.93. The lowest BCUT2D eigenvalue weighted by molar-refractivity contribution is -0.142. The van der Waals surface area contributed by atoms with E-state index in [2.05, 4.69) is 20.0 Å². The van der Waals surface area contributed by atoms with E-state index in [9.17, 15) is 9.36 Å². The van der Waals surface area contributed by atoms with Crippen LogP contribution in [0.2, 0.25) is 0 Å². The molecular weight excluding hydrogens is 451 g/mol. The number of nitrogens with two attached hydrogens (primary N) is 1. The second-order valence-electron chi connectivity index (χ2n) is 7.44. The number of hydrogen-bond acceptors (Lipinski definition) is 10. The highest BCUT2D eigenvalue weighted by Gasteiger charge is 2.35. The van der Waals surface area contributed by atoms with Gasteiger partial charge in [-0.25, -0.2) is 19.5 Å². The average molecular weight is 476 g/mol. The molecule has 0 radical (unpaired) electrons. The first kappa shape index (κ1) is 23.1. The summed E-state index contributed by atoms with van der Waals surface area (Å²) in [5.74, 6) is 0.0279. The molecule has 1 aromatic carbocycles. The van der Waals surface area contributed by atoms with Gasteiger partial charge < -0.3 is 19.7 Å². The van der Waals surface area contributed by atoms with E-state index in [4.69, 9.17) is 24.3 Å². The summed E-state index contributed by atoms with van der Waals surface area (Å²) in [6, 6.07) is 7.64. The molecule has 4 rings (SSSR count). The van der Waals surface area contributed by atoms with Crippen LogP contribution in [-0.4, -0.2) is 51.4 Å². The van der Waals surface area contributed by atoms with Gasteiger partial charge in [0.05, 0.1) is 26.1 Å². The Kier molecular flexibility index (Phi) is 6.89. The van der Waals surface area contributed by atoms with Gasteiger partial charge in [0.15, 0.2) is 11.5 Å². The maximum Gasteiger partial charge on any atom is 0.459 e. The zero-order valence-corrected chi connectivity index (χ0v) is 19.1. The lowest BCUT2D eigenvalue weighted by Crippen LogP contribution is -2.35. The molecule has 0 bridgehead atoms. The SMILES string of the molecule is COC(=O)C(C)NP(=O)(OC[C@@H]1CC[C@H](n2cnc3c(N)ncnc32)O1)Oc1ccccc1. The average Bonchev–Trinajstić information content (AvgIpc) is 3.45. The highest BCUT2D eigenvalue weighted by molar-refractivity contribution is 7.52. The number of carbonyl (C=O) groups is 1. The highest BCUT2D eigenvalue weighted by atomic mass is 31.2. The summed E-state index contributed by atoms with van der Waals surface area (Å²) < 4.78 is 37.3. The van der Waals surface area contributed by atoms with Gasteiger partial charge in [-0.2, -0.15) is 5.09 Å². The molecule has 13 heteroatoms. The molecule has 1 fully saturated rings. The number of ether oxygens (including phenoxy) is 2. The summed E-state index contributed by atoms with van der Waals surface area (Å²) in [4.78, 5) is 24.3. The van der Waals surface area contributed by atoms with Crippen LogP contribution in [0, 0.1) is 0 Å². The number of carbonyl (C=O) groups excluding carboxylic acids is 1. The lowest BCUT2D eigenvalue weighted by Gasteiger charge is -2.24. The summed E-state index contributed by atoms with van der Waals surface area (Å²) in [6.07, 6.45) is 3.58. The van der Waals surface area contributed by atoms with Crippen LogP contribution in [0.15, 0.2) is 43.0 Å². The third-order valence-corrected chi connectivity index (χ3v) is 6.73. The quantitative estimate of drug-likeness (QED) is 0.346. The molecule has 0 amide bonds. The third-order valence-electron chi connectivity index (χ3n) is 5.09. The molecule has 3 aromatic rings. The molecule has 0 saturated carbocycles. The Morgan fingerprint density at radius 1 is 1.30 bits per heavy atom. The van der Waals surface area contributed by atoms with Crippen molar-refractivity contribution in [2.24, 2.45) is 0 Å². The maximum atomic E-state index is 13.4. The fraction of sp³-hybridized carbons (Fsp3) is 0.400. The van der Waals surface area contributed by atoms with E-state index >= 15 is 0 Å². The van der Waals surface area contributed by atoms with Crippen molar-refractivity contribution in [3.05, 3.63) is 43.0 Å². The third kappa shape index (κ3) is 5.31. The number of methoxy groups -OCH3 is 1. The molecule has 2 unspecified atom stereocenters. The van der Waals surface area contributed by atoms with Crippen molar-refractivity contribution in [3.63, 3.8) is 0 Å². The van der Waals surface area contributed by atoms with Crippen molar-refractivity contribution in [2.75, 3.05) is 19.5 Å². The van der Waals surface area contributed by atoms with E-state index < -0.39 is 19.8 Å². The minimum atomic E-state index is -3.93. The molecule has 0 spiro atoms. The van der Waals surface area contributed by atoms with Crippen LogP contribution in [0.1, 0.15) is 26.0 Å². The zero-order valence-electron chi connectivity index (χ0n) is 18.2. The summed E-state index contributed by atoms with van der Waals surface area (Å²) in [5, 5.41) is 2.62. The number of aromatic nitrogens is 4. The van der Waals surface area contributed by atoms with Crippen molar-refractivity contribution >= 4 is 30.7 Å². The van der Waals surface area contributed by atoms with Crippen molar-refractivity contribution in [2.45, 2.75) is 38.1 Å². The van der Waals surface area contributed by atoms with Gasteiger partial charge in [0.2, 0.25) is 0 Å². The molecule has 3 heterocycles. The van der Waals surface area contributed by atoms with Crippen molar-refractivity contribution in [3.8, 4) is 5.75 Å². The molecule has 0 aliphatic carbocycles. The molecule has 4 atom stereocenters. The number of anilines is 1. The van der Waals surface area contributed by atoms with Gasteiger partial charge in [-0.15, -0.1) is 0 Å². The van der Waals surface area contributed by atoms with Crippen molar-refractivity contribution < 1.29 is 27.9 Å². The zero-order chi connectivity index (χ0) is 23.4. The number of hydrogen-bond donors (Lipinski definition) is 2. The number of esters is 1. The van der Waals surface area contributed by atoms with E-state index in [0.29, 0.717) is 35.6 Å². The minimum absolute atomic E-state index is 0.0226. The fourth-order valence-corrected chi connectivity index (χ4v) is 4.97. The molecular formula is C20H25N6O6P. The summed E-state index contributed by atoms with van der Waals surface area (Å²) in [7, 11) is -2.68. The first-order valence-corrected chi connectivity index (χ1v) is 11.9. The molecule has 3 N–H and O–H groups in total. The Morgan fingerprint density at radius 2 is 2.09 bits per heavy atom. The number of para-hydroxylation sites is 1.